The number of carbonyl (C=O) groups excluding carboxylic acids is 4. The van der Waals surface area contributed by atoms with Crippen LogP contribution in [0, 0.1) is 12.3 Å². The largest absolute Gasteiger partial charge is 0.481 e. The van der Waals surface area contributed by atoms with Crippen LogP contribution in [0.15, 0.2) is 53.6 Å². The van der Waals surface area contributed by atoms with Crippen LogP contribution < -0.4 is 31.7 Å². The van der Waals surface area contributed by atoms with Crippen molar-refractivity contribution in [2.24, 2.45) is 0 Å². The number of terminal acetylenes is 1. The molecule has 0 bridgehead atoms. The van der Waals surface area contributed by atoms with E-state index in [0.717, 1.165) is 5.56 Å². The first kappa shape index (κ1) is 47.5. The molecule has 61 heavy (non-hydrogen) atoms. The van der Waals surface area contributed by atoms with Crippen LogP contribution in [0.2, 0.25) is 0 Å². The van der Waals surface area contributed by atoms with Crippen LogP contribution in [0.4, 0.5) is 5.69 Å². The smallest absolute Gasteiger partial charge is 0.326 e. The molecule has 0 spiro atoms. The number of anilines is 1. The maximum absolute atomic E-state index is 13.0. The summed E-state index contributed by atoms with van der Waals surface area (Å²) in [7, 11) is 0. The normalized spacial score (nSPS) is 12.6. The first-order chi connectivity index (χ1) is 28.9. The minimum atomic E-state index is -1.67. The Kier molecular flexibility index (Phi) is 17.9. The van der Waals surface area contributed by atoms with Crippen LogP contribution in [0.3, 0.4) is 0 Å². The Morgan fingerprint density at radius 1 is 0.656 bits per heavy atom. The quantitative estimate of drug-likeness (QED) is 0.0488. The molecule has 4 atom stereocenters. The average molecular weight is 850 g/mol. The molecule has 0 unspecified atom stereocenters. The molecule has 4 amide bonds. The number of hydrogen-bond donors (Lipinski definition) is 10. The molecular weight excluding hydrogens is 806 g/mol. The molecule has 0 radical (unpaired) electrons. The van der Waals surface area contributed by atoms with E-state index in [1.54, 1.807) is 35.2 Å². The van der Waals surface area contributed by atoms with E-state index in [-0.39, 0.29) is 17.7 Å². The van der Waals surface area contributed by atoms with Crippen molar-refractivity contribution in [3.63, 3.8) is 0 Å². The number of carbonyl (C=O) groups is 9. The lowest BCUT2D eigenvalue weighted by molar-refractivity contribution is -0.144. The van der Waals surface area contributed by atoms with Gasteiger partial charge in [-0.2, -0.15) is 0 Å². The number of benzene rings is 2. The number of nitrogens with one attached hydrogen (secondary N) is 5. The van der Waals surface area contributed by atoms with Gasteiger partial charge < -0.3 is 56.7 Å². The zero-order chi connectivity index (χ0) is 45.2. The average Bonchev–Trinajstić information content (AvgIpc) is 3.20. The zero-order valence-corrected chi connectivity index (χ0v) is 32.3. The van der Waals surface area contributed by atoms with Crippen LogP contribution in [-0.2, 0) is 44.9 Å². The maximum atomic E-state index is 13.0. The van der Waals surface area contributed by atoms with Gasteiger partial charge in [0.2, 0.25) is 17.7 Å². The number of aliphatic carboxylic acids is 5. The van der Waals surface area contributed by atoms with Gasteiger partial charge in [0, 0.05) is 43.5 Å². The van der Waals surface area contributed by atoms with Crippen molar-refractivity contribution in [1.82, 2.24) is 31.2 Å². The number of carboxylic acids is 5. The minimum absolute atomic E-state index is 0.0702. The molecule has 0 fully saturated rings. The fourth-order valence-electron chi connectivity index (χ4n) is 5.77. The van der Waals surface area contributed by atoms with E-state index in [2.05, 4.69) is 37.2 Å². The number of aromatic amines is 1. The predicted molar refractivity (Wildman–Crippen MR) is 211 cm³/mol. The van der Waals surface area contributed by atoms with E-state index >= 15 is 0 Å². The molecule has 22 heteroatoms. The minimum Gasteiger partial charge on any atom is -0.481 e. The van der Waals surface area contributed by atoms with Crippen LogP contribution in [0.5, 0.6) is 0 Å². The van der Waals surface area contributed by atoms with Crippen LogP contribution in [-0.4, -0.2) is 120 Å². The van der Waals surface area contributed by atoms with Gasteiger partial charge in [0.05, 0.1) is 23.8 Å². The molecule has 3 aromatic rings. The summed E-state index contributed by atoms with van der Waals surface area (Å²) in [5.41, 5.74) is 1.64. The first-order valence-corrected chi connectivity index (χ1v) is 18.4. The third-order valence-electron chi connectivity index (χ3n) is 8.99. The Bertz CT molecular complexity index is 2240. The molecule has 0 saturated carbocycles. The van der Waals surface area contributed by atoms with Gasteiger partial charge in [-0.05, 0) is 67.6 Å². The monoisotopic (exact) mass is 849 g/mol. The lowest BCUT2D eigenvalue weighted by Gasteiger charge is -2.23. The fraction of sp³-hybridized carbons (Fsp3) is 0.359. The van der Waals surface area contributed by atoms with E-state index in [1.807, 2.05) is 0 Å². The summed E-state index contributed by atoms with van der Waals surface area (Å²) < 4.78 is 0. The van der Waals surface area contributed by atoms with Crippen molar-refractivity contribution in [1.29, 1.82) is 0 Å². The van der Waals surface area contributed by atoms with Crippen molar-refractivity contribution in [2.75, 3.05) is 11.4 Å². The SMILES string of the molecule is C#CCN(Cc1ccc2nc[nH]c(=O)c2c1)c1ccc(C(=O)N[C@@H](CCC(=O)N[C@@H](CCC(=O)N[C@@H](CCC(=O)N[C@@H](CCC(=O)O)C(=O)O)C(=O)O)C(=O)O)C(=O)O)cc1. The van der Waals surface area contributed by atoms with Crippen LogP contribution in [0.25, 0.3) is 10.9 Å². The highest BCUT2D eigenvalue weighted by molar-refractivity contribution is 5.97. The topological polar surface area (TPSA) is 352 Å². The standard InChI is InChI=1S/C39H43N7O15/c1-2-17-46(19-21-3-8-25-24(18-21)35(53)41-20-40-25)23-6-4-22(5-7-23)34(52)45-29(39(60)61)11-15-32(49)43-27(37(56)57)9-13-30(47)42-26(36(54)55)10-14-31(48)44-28(38(58)59)12-16-33(50)51/h1,3-8,18,20,26-29H,9-17,19H2,(H,42,47)(H,43,49)(H,44,48)(H,45,52)(H,50,51)(H,54,55)(H,56,57)(H,58,59)(H,60,61)(H,40,41,53)/t26-,27-,28-,29-/m0/s1. The number of nitrogens with zero attached hydrogens (tertiary/aromatic N) is 2. The van der Waals surface area contributed by atoms with E-state index in [0.29, 0.717) is 23.1 Å². The van der Waals surface area contributed by atoms with E-state index in [4.69, 9.17) is 11.5 Å². The summed E-state index contributed by atoms with van der Waals surface area (Å²) in [6.45, 7) is 0.462. The lowest BCUT2D eigenvalue weighted by atomic mass is 10.1. The number of aromatic nitrogens is 2. The molecule has 324 valence electrons. The van der Waals surface area contributed by atoms with Crippen molar-refractivity contribution < 1.29 is 68.7 Å². The summed E-state index contributed by atoms with van der Waals surface area (Å²) in [4.78, 5) is 129. The summed E-state index contributed by atoms with van der Waals surface area (Å²) >= 11 is 0. The fourth-order valence-corrected chi connectivity index (χ4v) is 5.77. The molecule has 22 nitrogen and oxygen atoms in total. The van der Waals surface area contributed by atoms with Gasteiger partial charge >= 0.3 is 29.8 Å². The van der Waals surface area contributed by atoms with E-state index in [9.17, 15) is 68.4 Å². The maximum Gasteiger partial charge on any atom is 0.326 e. The summed E-state index contributed by atoms with van der Waals surface area (Å²) in [6.07, 6.45) is 2.64. The highest BCUT2D eigenvalue weighted by Crippen LogP contribution is 2.20. The molecular formula is C39H43N7O15. The lowest BCUT2D eigenvalue weighted by Crippen LogP contribution is -2.45. The third kappa shape index (κ3) is 15.5. The molecule has 1 heterocycles. The highest BCUT2D eigenvalue weighted by atomic mass is 16.4. The molecule has 0 aliphatic carbocycles. The van der Waals surface area contributed by atoms with Gasteiger partial charge in [-0.1, -0.05) is 12.0 Å². The van der Waals surface area contributed by atoms with Crippen molar-refractivity contribution in [2.45, 2.75) is 82.1 Å². The Morgan fingerprint density at radius 3 is 1.56 bits per heavy atom. The summed E-state index contributed by atoms with van der Waals surface area (Å²) in [5, 5.41) is 55.8. The number of hydrogen-bond acceptors (Lipinski definition) is 12. The Labute approximate surface area is 345 Å². The van der Waals surface area contributed by atoms with Gasteiger partial charge in [0.25, 0.3) is 11.5 Å². The van der Waals surface area contributed by atoms with E-state index < -0.39 is 129 Å². The van der Waals surface area contributed by atoms with Gasteiger partial charge in [0.15, 0.2) is 0 Å². The number of rotatable bonds is 25. The molecule has 3 rings (SSSR count). The molecule has 0 aliphatic rings. The van der Waals surface area contributed by atoms with Gasteiger partial charge in [-0.3, -0.25) is 28.8 Å². The Hall–Kier alpha value is -7.83. The van der Waals surface area contributed by atoms with Gasteiger partial charge in [-0.15, -0.1) is 6.42 Å². The van der Waals surface area contributed by atoms with Gasteiger partial charge in [-0.25, -0.2) is 24.2 Å². The second kappa shape index (κ2) is 22.9. The first-order valence-electron chi connectivity index (χ1n) is 18.4. The Balaban J connectivity index is 1.51. The number of H-pyrrole nitrogens is 1. The summed E-state index contributed by atoms with van der Waals surface area (Å²) in [5.74, 6) is -8.50. The van der Waals surface area contributed by atoms with Crippen molar-refractivity contribution in [3.8, 4) is 12.3 Å². The number of amides is 4. The molecule has 0 aliphatic heterocycles. The number of carboxylic acid groups (broad SMARTS) is 5. The second-order valence-electron chi connectivity index (χ2n) is 13.5. The Morgan fingerprint density at radius 2 is 1.11 bits per heavy atom. The molecule has 10 N–H and O–H groups in total. The van der Waals surface area contributed by atoms with E-state index in [1.165, 1.54) is 18.5 Å². The molecule has 0 saturated heterocycles. The molecule has 1 aromatic heterocycles. The third-order valence-corrected chi connectivity index (χ3v) is 8.99. The van der Waals surface area contributed by atoms with Crippen LogP contribution in [0.1, 0.15) is 67.3 Å². The van der Waals surface area contributed by atoms with Gasteiger partial charge in [0.1, 0.15) is 24.2 Å². The predicted octanol–water partition coefficient (Wildman–Crippen LogP) is -0.340. The molecule has 2 aromatic carbocycles. The van der Waals surface area contributed by atoms with Crippen LogP contribution >= 0.6 is 0 Å². The summed E-state index contributed by atoms with van der Waals surface area (Å²) in [6, 6.07) is 4.77. The van der Waals surface area contributed by atoms with Crippen molar-refractivity contribution in [3.05, 3.63) is 70.3 Å². The highest BCUT2D eigenvalue weighted by Gasteiger charge is 2.27. The van der Waals surface area contributed by atoms with Crippen molar-refractivity contribution >= 4 is 70.1 Å². The number of fused-ring (bicyclic) bond motifs is 1. The zero-order valence-electron chi connectivity index (χ0n) is 32.3. The second-order valence-corrected chi connectivity index (χ2v) is 13.5.